The molecule has 0 aromatic carbocycles. The zero-order valence-corrected chi connectivity index (χ0v) is 13.0. The molecule has 18 heavy (non-hydrogen) atoms. The number of aromatic nitrogens is 1. The molecule has 0 N–H and O–H groups in total. The van der Waals surface area contributed by atoms with Crippen molar-refractivity contribution in [2.75, 3.05) is 23.3 Å². The van der Waals surface area contributed by atoms with E-state index >= 15 is 0 Å². The summed E-state index contributed by atoms with van der Waals surface area (Å²) in [6, 6.07) is 0. The van der Waals surface area contributed by atoms with Crippen LogP contribution in [0, 0.1) is 11.3 Å². The maximum Gasteiger partial charge on any atom is 0.150 e. The average Bonchev–Trinajstić information content (AvgIpc) is 2.95. The summed E-state index contributed by atoms with van der Waals surface area (Å²) in [5.41, 5.74) is 1.44. The SMILES string of the molecule is O=S1(=O)CCC(C(CCl)(CCl)Cc2cncs2)C1. The Morgan fingerprint density at radius 1 is 1.44 bits per heavy atom. The first-order chi connectivity index (χ1) is 8.51. The van der Waals surface area contributed by atoms with Crippen LogP contribution in [0.3, 0.4) is 0 Å². The minimum Gasteiger partial charge on any atom is -0.253 e. The number of nitrogens with zero attached hydrogens (tertiary/aromatic N) is 1. The first-order valence-electron chi connectivity index (χ1n) is 5.71. The van der Waals surface area contributed by atoms with Crippen LogP contribution in [-0.4, -0.2) is 36.7 Å². The summed E-state index contributed by atoms with van der Waals surface area (Å²) in [5, 5.41) is 0. The maximum atomic E-state index is 11.6. The van der Waals surface area contributed by atoms with Crippen molar-refractivity contribution in [1.82, 2.24) is 4.98 Å². The van der Waals surface area contributed by atoms with Crippen molar-refractivity contribution in [3.05, 3.63) is 16.6 Å². The summed E-state index contributed by atoms with van der Waals surface area (Å²) >= 11 is 13.8. The van der Waals surface area contributed by atoms with E-state index in [2.05, 4.69) is 4.98 Å². The number of alkyl halides is 2. The zero-order chi connectivity index (χ0) is 13.2. The molecule has 7 heteroatoms. The van der Waals surface area contributed by atoms with Crippen molar-refractivity contribution in [1.29, 1.82) is 0 Å². The molecule has 1 aromatic rings. The number of hydrogen-bond donors (Lipinski definition) is 0. The lowest BCUT2D eigenvalue weighted by atomic mass is 9.75. The van der Waals surface area contributed by atoms with E-state index in [1.807, 2.05) is 6.20 Å². The van der Waals surface area contributed by atoms with Crippen molar-refractivity contribution in [2.45, 2.75) is 12.8 Å². The number of hydrogen-bond acceptors (Lipinski definition) is 4. The summed E-state index contributed by atoms with van der Waals surface area (Å²) in [4.78, 5) is 5.16. The van der Waals surface area contributed by atoms with Gasteiger partial charge >= 0.3 is 0 Å². The van der Waals surface area contributed by atoms with E-state index in [0.717, 1.165) is 4.88 Å². The highest BCUT2D eigenvalue weighted by atomic mass is 35.5. The monoisotopic (exact) mass is 327 g/mol. The topological polar surface area (TPSA) is 47.0 Å². The summed E-state index contributed by atoms with van der Waals surface area (Å²) in [6.45, 7) is 0. The Kier molecular flexibility index (Phi) is 4.57. The van der Waals surface area contributed by atoms with Gasteiger partial charge in [0.2, 0.25) is 0 Å². The molecule has 1 aliphatic heterocycles. The maximum absolute atomic E-state index is 11.6. The number of rotatable bonds is 5. The van der Waals surface area contributed by atoms with Crippen LogP contribution in [0.15, 0.2) is 11.7 Å². The predicted molar refractivity (Wildman–Crippen MR) is 76.5 cm³/mol. The minimum atomic E-state index is -2.91. The van der Waals surface area contributed by atoms with Crippen molar-refractivity contribution in [3.63, 3.8) is 0 Å². The van der Waals surface area contributed by atoms with Gasteiger partial charge in [0.05, 0.1) is 17.0 Å². The van der Waals surface area contributed by atoms with Crippen LogP contribution in [0.5, 0.6) is 0 Å². The lowest BCUT2D eigenvalue weighted by molar-refractivity contribution is 0.246. The molecule has 0 amide bonds. The molecule has 3 nitrogen and oxygen atoms in total. The predicted octanol–water partition coefficient (Wildman–Crippen LogP) is 2.58. The van der Waals surface area contributed by atoms with E-state index in [1.165, 1.54) is 0 Å². The summed E-state index contributed by atoms with van der Waals surface area (Å²) in [5.74, 6) is 1.30. The van der Waals surface area contributed by atoms with Gasteiger partial charge in [-0.3, -0.25) is 4.98 Å². The van der Waals surface area contributed by atoms with Gasteiger partial charge in [-0.1, -0.05) is 0 Å². The highest BCUT2D eigenvalue weighted by Crippen LogP contribution is 2.41. The smallest absolute Gasteiger partial charge is 0.150 e. The Morgan fingerprint density at radius 3 is 2.61 bits per heavy atom. The summed E-state index contributed by atoms with van der Waals surface area (Å²) < 4.78 is 23.3. The fraction of sp³-hybridized carbons (Fsp3) is 0.727. The Labute approximate surface area is 121 Å². The number of sulfone groups is 1. The minimum absolute atomic E-state index is 0.0552. The molecule has 1 fully saturated rings. The highest BCUT2D eigenvalue weighted by molar-refractivity contribution is 7.91. The van der Waals surface area contributed by atoms with Gasteiger partial charge in [0.1, 0.15) is 0 Å². The largest absolute Gasteiger partial charge is 0.253 e. The molecule has 0 spiro atoms. The van der Waals surface area contributed by atoms with Crippen LogP contribution in [0.2, 0.25) is 0 Å². The van der Waals surface area contributed by atoms with E-state index in [1.54, 1.807) is 16.8 Å². The van der Waals surface area contributed by atoms with Crippen LogP contribution in [0.4, 0.5) is 0 Å². The second kappa shape index (κ2) is 5.65. The van der Waals surface area contributed by atoms with E-state index in [9.17, 15) is 8.42 Å². The Hall–Kier alpha value is 0.160. The van der Waals surface area contributed by atoms with Crippen molar-refractivity contribution in [3.8, 4) is 0 Å². The zero-order valence-electron chi connectivity index (χ0n) is 9.81. The van der Waals surface area contributed by atoms with Crippen LogP contribution >= 0.6 is 34.5 Å². The Morgan fingerprint density at radius 2 is 2.17 bits per heavy atom. The number of halogens is 2. The highest BCUT2D eigenvalue weighted by Gasteiger charge is 2.44. The molecule has 0 bridgehead atoms. The third kappa shape index (κ3) is 3.00. The molecule has 0 aliphatic carbocycles. The van der Waals surface area contributed by atoms with Gasteiger partial charge in [-0.15, -0.1) is 34.5 Å². The average molecular weight is 328 g/mol. The van der Waals surface area contributed by atoms with Crippen molar-refractivity contribution in [2.24, 2.45) is 11.3 Å². The normalized spacial score (nSPS) is 23.3. The first-order valence-corrected chi connectivity index (χ1v) is 9.48. The first kappa shape index (κ1) is 14.6. The van der Waals surface area contributed by atoms with Crippen LogP contribution in [0.25, 0.3) is 0 Å². The lowest BCUT2D eigenvalue weighted by Crippen LogP contribution is -2.37. The summed E-state index contributed by atoms with van der Waals surface area (Å²) in [7, 11) is -2.91. The molecule has 0 saturated carbocycles. The van der Waals surface area contributed by atoms with E-state index in [-0.39, 0.29) is 22.8 Å². The van der Waals surface area contributed by atoms with E-state index in [4.69, 9.17) is 23.2 Å². The van der Waals surface area contributed by atoms with Crippen LogP contribution in [-0.2, 0) is 16.3 Å². The fourth-order valence-corrected chi connectivity index (χ4v) is 6.05. The van der Waals surface area contributed by atoms with Gasteiger partial charge in [-0.25, -0.2) is 8.42 Å². The van der Waals surface area contributed by atoms with Gasteiger partial charge in [-0.2, -0.15) is 0 Å². The summed E-state index contributed by atoms with van der Waals surface area (Å²) in [6.07, 6.45) is 3.19. The third-order valence-electron chi connectivity index (χ3n) is 3.64. The van der Waals surface area contributed by atoms with Gasteiger partial charge < -0.3 is 0 Å². The lowest BCUT2D eigenvalue weighted by Gasteiger charge is -2.34. The number of thiazole rings is 1. The van der Waals surface area contributed by atoms with E-state index in [0.29, 0.717) is 24.6 Å². The van der Waals surface area contributed by atoms with Crippen LogP contribution in [0.1, 0.15) is 11.3 Å². The molecule has 2 heterocycles. The Balaban J connectivity index is 2.21. The van der Waals surface area contributed by atoms with E-state index < -0.39 is 9.84 Å². The quantitative estimate of drug-likeness (QED) is 0.781. The Bertz CT molecular complexity index is 483. The molecule has 1 aliphatic rings. The molecule has 2 rings (SSSR count). The molecule has 0 radical (unpaired) electrons. The molecular formula is C11H15Cl2NO2S2. The molecule has 1 aromatic heterocycles. The molecule has 1 atom stereocenters. The van der Waals surface area contributed by atoms with Crippen molar-refractivity contribution >= 4 is 44.4 Å². The molecular weight excluding hydrogens is 313 g/mol. The molecule has 1 unspecified atom stereocenters. The third-order valence-corrected chi connectivity index (χ3v) is 7.25. The van der Waals surface area contributed by atoms with Gasteiger partial charge in [0, 0.05) is 28.2 Å². The standard InChI is InChI=1S/C11H15Cl2NO2S2/c12-6-11(7-13,3-10-4-14-8-17-10)9-1-2-18(15,16)5-9/h4,8-9H,1-3,5-7H2. The second-order valence-electron chi connectivity index (χ2n) is 4.87. The second-order valence-corrected chi connectivity index (χ2v) is 8.61. The molecule has 1 saturated heterocycles. The van der Waals surface area contributed by atoms with Gasteiger partial charge in [-0.05, 0) is 18.8 Å². The molecule has 102 valence electrons. The van der Waals surface area contributed by atoms with Gasteiger partial charge in [0.15, 0.2) is 9.84 Å². The van der Waals surface area contributed by atoms with Crippen molar-refractivity contribution < 1.29 is 8.42 Å². The fourth-order valence-electron chi connectivity index (χ4n) is 2.45. The van der Waals surface area contributed by atoms with Crippen LogP contribution < -0.4 is 0 Å². The van der Waals surface area contributed by atoms with Gasteiger partial charge in [0.25, 0.3) is 0 Å².